The number of benzene rings is 2. The van der Waals surface area contributed by atoms with E-state index < -0.39 is 22.5 Å². The van der Waals surface area contributed by atoms with E-state index in [2.05, 4.69) is 4.99 Å². The lowest BCUT2D eigenvalue weighted by molar-refractivity contribution is -0.385. The highest BCUT2D eigenvalue weighted by Gasteiger charge is 2.35. The molecule has 210 valence electrons. The molecule has 0 N–H and O–H groups in total. The summed E-state index contributed by atoms with van der Waals surface area (Å²) in [6.07, 6.45) is 1.39. The summed E-state index contributed by atoms with van der Waals surface area (Å²) in [6, 6.07) is 10.8. The minimum Gasteiger partial charge on any atom is -0.491 e. The maximum atomic E-state index is 13.9. The molecule has 1 aliphatic heterocycles. The Bertz CT molecular complexity index is 1650. The first-order valence-electron chi connectivity index (χ1n) is 12.4. The first kappa shape index (κ1) is 28.7. The Balaban J connectivity index is 1.93. The molecule has 1 atom stereocenters. The molecular weight excluding hydrogens is 538 g/mol. The number of carbonyl (C=O) groups is 1. The van der Waals surface area contributed by atoms with Gasteiger partial charge in [-0.25, -0.2) is 9.79 Å². The Morgan fingerprint density at radius 2 is 1.93 bits per heavy atom. The molecule has 40 heavy (non-hydrogen) atoms. The number of esters is 1. The number of hydrogen-bond donors (Lipinski definition) is 0. The molecule has 0 radical (unpaired) electrons. The summed E-state index contributed by atoms with van der Waals surface area (Å²) in [4.78, 5) is 43.2. The second-order valence-corrected chi connectivity index (χ2v) is 10.1. The van der Waals surface area contributed by atoms with Crippen LogP contribution in [0.15, 0.2) is 63.5 Å². The fourth-order valence-corrected chi connectivity index (χ4v) is 5.38. The summed E-state index contributed by atoms with van der Waals surface area (Å²) in [5.74, 6) is 0.0000747. The van der Waals surface area contributed by atoms with Crippen molar-refractivity contribution >= 4 is 29.1 Å². The quantitative estimate of drug-likeness (QED) is 0.158. The van der Waals surface area contributed by atoms with E-state index in [1.807, 2.05) is 19.9 Å². The fraction of sp³-hybridized carbons (Fsp3) is 0.321. The summed E-state index contributed by atoms with van der Waals surface area (Å²) < 4.78 is 23.3. The zero-order chi connectivity index (χ0) is 29.0. The molecule has 2 aromatic carbocycles. The molecule has 1 aliphatic rings. The number of thiazole rings is 1. The molecule has 0 unspecified atom stereocenters. The van der Waals surface area contributed by atoms with Gasteiger partial charge in [-0.15, -0.1) is 0 Å². The number of ether oxygens (including phenoxy) is 4. The second kappa shape index (κ2) is 12.3. The van der Waals surface area contributed by atoms with Crippen molar-refractivity contribution in [2.45, 2.75) is 32.9 Å². The smallest absolute Gasteiger partial charge is 0.338 e. The molecule has 1 aromatic heterocycles. The third kappa shape index (κ3) is 5.82. The molecule has 0 spiro atoms. The number of para-hydroxylation sites is 1. The van der Waals surface area contributed by atoms with Crippen molar-refractivity contribution < 1.29 is 28.7 Å². The number of rotatable bonds is 10. The van der Waals surface area contributed by atoms with Crippen LogP contribution in [0.2, 0.25) is 0 Å². The van der Waals surface area contributed by atoms with Gasteiger partial charge in [0.25, 0.3) is 5.56 Å². The highest BCUT2D eigenvalue weighted by molar-refractivity contribution is 7.07. The van der Waals surface area contributed by atoms with Crippen molar-refractivity contribution in [3.63, 3.8) is 0 Å². The van der Waals surface area contributed by atoms with Crippen LogP contribution in [0, 0.1) is 10.1 Å². The molecule has 2 heterocycles. The Kier molecular flexibility index (Phi) is 8.80. The molecule has 0 saturated carbocycles. The van der Waals surface area contributed by atoms with Gasteiger partial charge >= 0.3 is 11.7 Å². The van der Waals surface area contributed by atoms with Crippen molar-refractivity contribution in [2.24, 2.45) is 4.99 Å². The van der Waals surface area contributed by atoms with Crippen LogP contribution in [0.25, 0.3) is 6.08 Å². The van der Waals surface area contributed by atoms with Gasteiger partial charge in [0.2, 0.25) is 0 Å². The van der Waals surface area contributed by atoms with Crippen LogP contribution < -0.4 is 24.4 Å². The summed E-state index contributed by atoms with van der Waals surface area (Å²) in [7, 11) is 2.85. The molecule has 11 nitrogen and oxygen atoms in total. The molecule has 12 heteroatoms. The van der Waals surface area contributed by atoms with Crippen molar-refractivity contribution in [1.82, 2.24) is 4.57 Å². The molecule has 0 fully saturated rings. The topological polar surface area (TPSA) is 131 Å². The Labute approximate surface area is 233 Å². The van der Waals surface area contributed by atoms with E-state index in [0.717, 1.165) is 11.3 Å². The van der Waals surface area contributed by atoms with Crippen LogP contribution in [0.3, 0.4) is 0 Å². The van der Waals surface area contributed by atoms with E-state index in [0.29, 0.717) is 27.4 Å². The Morgan fingerprint density at radius 3 is 2.60 bits per heavy atom. The summed E-state index contributed by atoms with van der Waals surface area (Å²) in [5, 5.41) is 11.5. The lowest BCUT2D eigenvalue weighted by Crippen LogP contribution is -2.40. The van der Waals surface area contributed by atoms with Gasteiger partial charge in [0.05, 0.1) is 40.5 Å². The SMILES string of the molecule is COCCOC(=O)C1=C(C)N=c2s/c(=C/c3ccc(OC)c([N+](=O)[O-])c3)c(=O)n2[C@H]1c1ccccc1OC(C)C. The first-order chi connectivity index (χ1) is 19.2. The number of nitro benzene ring substituents is 1. The predicted molar refractivity (Wildman–Crippen MR) is 148 cm³/mol. The van der Waals surface area contributed by atoms with E-state index in [1.165, 1.54) is 30.9 Å². The summed E-state index contributed by atoms with van der Waals surface area (Å²) in [5.41, 5.74) is 0.999. The monoisotopic (exact) mass is 567 g/mol. The molecule has 4 rings (SSSR count). The van der Waals surface area contributed by atoms with Crippen LogP contribution >= 0.6 is 11.3 Å². The Morgan fingerprint density at radius 1 is 1.18 bits per heavy atom. The molecule has 0 saturated heterocycles. The average Bonchev–Trinajstić information content (AvgIpc) is 3.22. The molecule has 3 aromatic rings. The van der Waals surface area contributed by atoms with Crippen LogP contribution in [-0.4, -0.2) is 49.0 Å². The van der Waals surface area contributed by atoms with E-state index in [-0.39, 0.29) is 40.9 Å². The van der Waals surface area contributed by atoms with Gasteiger partial charge in [-0.1, -0.05) is 35.6 Å². The highest BCUT2D eigenvalue weighted by atomic mass is 32.1. The van der Waals surface area contributed by atoms with E-state index in [1.54, 1.807) is 37.3 Å². The summed E-state index contributed by atoms with van der Waals surface area (Å²) >= 11 is 1.12. The summed E-state index contributed by atoms with van der Waals surface area (Å²) in [6.45, 7) is 5.71. The zero-order valence-corrected chi connectivity index (χ0v) is 23.5. The van der Waals surface area contributed by atoms with E-state index >= 15 is 0 Å². The Hall–Kier alpha value is -4.29. The van der Waals surface area contributed by atoms with Crippen molar-refractivity contribution in [2.75, 3.05) is 27.4 Å². The standard InChI is InChI=1S/C28H29N3O8S/c1-16(2)39-21-9-7-6-8-19(21)25-24(27(33)38-13-12-36-4)17(3)29-28-30(25)26(32)23(40-28)15-18-10-11-22(37-5)20(14-18)31(34)35/h6-11,14-16,25H,12-13H2,1-5H3/b23-15+/t25-/m0/s1. The van der Waals surface area contributed by atoms with Crippen molar-refractivity contribution in [1.29, 1.82) is 0 Å². The maximum Gasteiger partial charge on any atom is 0.338 e. The highest BCUT2D eigenvalue weighted by Crippen LogP contribution is 2.36. The lowest BCUT2D eigenvalue weighted by Gasteiger charge is -2.27. The van der Waals surface area contributed by atoms with Gasteiger partial charge < -0.3 is 18.9 Å². The number of fused-ring (bicyclic) bond motifs is 1. The first-order valence-corrected chi connectivity index (χ1v) is 13.2. The van der Waals surface area contributed by atoms with Gasteiger partial charge in [-0.05, 0) is 44.5 Å². The third-order valence-electron chi connectivity index (χ3n) is 6.04. The number of carbonyl (C=O) groups excluding carboxylic acids is 1. The fourth-order valence-electron chi connectivity index (χ4n) is 4.33. The normalized spacial score (nSPS) is 15.1. The number of allylic oxidation sites excluding steroid dienone is 1. The largest absolute Gasteiger partial charge is 0.491 e. The number of methoxy groups -OCH3 is 2. The molecule has 0 bridgehead atoms. The van der Waals surface area contributed by atoms with E-state index in [4.69, 9.17) is 18.9 Å². The number of hydrogen-bond acceptors (Lipinski definition) is 10. The molecular formula is C28H29N3O8S. The van der Waals surface area contributed by atoms with Gasteiger partial charge in [0.15, 0.2) is 10.6 Å². The number of aromatic nitrogens is 1. The minimum absolute atomic E-state index is 0.0314. The molecule has 0 aliphatic carbocycles. The lowest BCUT2D eigenvalue weighted by atomic mass is 9.95. The number of nitrogens with zero attached hydrogens (tertiary/aromatic N) is 3. The predicted octanol–water partition coefficient (Wildman–Crippen LogP) is 3.13. The zero-order valence-electron chi connectivity index (χ0n) is 22.7. The van der Waals surface area contributed by atoms with Crippen LogP contribution in [0.5, 0.6) is 11.5 Å². The van der Waals surface area contributed by atoms with E-state index in [9.17, 15) is 19.7 Å². The van der Waals surface area contributed by atoms with Crippen molar-refractivity contribution in [3.8, 4) is 11.5 Å². The molecule has 0 amide bonds. The van der Waals surface area contributed by atoms with Gasteiger partial charge in [-0.2, -0.15) is 0 Å². The second-order valence-electron chi connectivity index (χ2n) is 9.10. The van der Waals surface area contributed by atoms with Crippen LogP contribution in [0.4, 0.5) is 5.69 Å². The van der Waals surface area contributed by atoms with Gasteiger partial charge in [-0.3, -0.25) is 19.5 Å². The maximum absolute atomic E-state index is 13.9. The van der Waals surface area contributed by atoms with Gasteiger partial charge in [0.1, 0.15) is 18.4 Å². The van der Waals surface area contributed by atoms with Crippen LogP contribution in [0.1, 0.15) is 37.9 Å². The van der Waals surface area contributed by atoms with Crippen molar-refractivity contribution in [3.05, 3.63) is 94.7 Å². The average molecular weight is 568 g/mol. The third-order valence-corrected chi connectivity index (χ3v) is 7.02. The van der Waals surface area contributed by atoms with Crippen LogP contribution in [-0.2, 0) is 14.3 Å². The van der Waals surface area contributed by atoms with Gasteiger partial charge in [0, 0.05) is 18.7 Å². The minimum atomic E-state index is -0.881. The number of nitro groups is 1.